The number of methoxy groups -OCH3 is 1. The first-order valence-electron chi connectivity index (χ1n) is 7.36. The minimum atomic E-state index is -1.69. The van der Waals surface area contributed by atoms with E-state index in [0.717, 1.165) is 0 Å². The number of allylic oxidation sites excluding steroid dienone is 1. The zero-order chi connectivity index (χ0) is 18.9. The molecule has 1 aromatic carbocycles. The van der Waals surface area contributed by atoms with Gasteiger partial charge in [-0.2, -0.15) is 0 Å². The van der Waals surface area contributed by atoms with Crippen LogP contribution in [0.4, 0.5) is 17.6 Å². The number of ether oxygens (including phenoxy) is 2. The summed E-state index contributed by atoms with van der Waals surface area (Å²) in [6.45, 7) is 2.68. The molecule has 0 amide bonds. The quantitative estimate of drug-likeness (QED) is 0.265. The summed E-state index contributed by atoms with van der Waals surface area (Å²) in [5, 5.41) is 0. The zero-order valence-corrected chi connectivity index (χ0v) is 13.8. The minimum absolute atomic E-state index is 0.174. The summed E-state index contributed by atoms with van der Waals surface area (Å²) in [5.74, 6) is -6.65. The van der Waals surface area contributed by atoms with Gasteiger partial charge in [0.15, 0.2) is 23.3 Å². The molecule has 7 heteroatoms. The molecule has 1 aliphatic carbocycles. The first kappa shape index (κ1) is 18.8. The standard InChI is InChI=1S/C18H16F4O3/c1-5-9-13(19)15(21)10(16(22)14(9)20)8-25-17(23)12-11(6-7-24-4)18(12,2)3/h1,6-7,11-12H,8H2,2-4H3/b7-6+/t11-,12+/m1/s1. The number of carbonyl (C=O) groups is 1. The van der Waals surface area contributed by atoms with Crippen LogP contribution in [0.25, 0.3) is 0 Å². The number of hydrogen-bond donors (Lipinski definition) is 0. The Kier molecular flexibility index (Phi) is 5.12. The van der Waals surface area contributed by atoms with Crippen molar-refractivity contribution in [3.8, 4) is 12.3 Å². The molecule has 0 heterocycles. The molecule has 0 radical (unpaired) electrons. The van der Waals surface area contributed by atoms with Crippen molar-refractivity contribution < 1.29 is 31.8 Å². The van der Waals surface area contributed by atoms with E-state index in [1.165, 1.54) is 13.4 Å². The molecule has 0 N–H and O–H groups in total. The Morgan fingerprint density at radius 2 is 1.76 bits per heavy atom. The van der Waals surface area contributed by atoms with Crippen molar-refractivity contribution in [2.45, 2.75) is 20.5 Å². The minimum Gasteiger partial charge on any atom is -0.505 e. The molecule has 0 aromatic heterocycles. The maximum atomic E-state index is 13.9. The van der Waals surface area contributed by atoms with Gasteiger partial charge >= 0.3 is 5.97 Å². The second kappa shape index (κ2) is 6.79. The van der Waals surface area contributed by atoms with Gasteiger partial charge < -0.3 is 9.47 Å². The molecular weight excluding hydrogens is 340 g/mol. The van der Waals surface area contributed by atoms with Crippen LogP contribution < -0.4 is 0 Å². The molecule has 0 aliphatic heterocycles. The van der Waals surface area contributed by atoms with E-state index in [-0.39, 0.29) is 5.92 Å². The fraction of sp³-hybridized carbons (Fsp3) is 0.389. The third kappa shape index (κ3) is 3.21. The third-order valence-corrected chi connectivity index (χ3v) is 4.44. The molecule has 1 fully saturated rings. The lowest BCUT2D eigenvalue weighted by Gasteiger charge is -2.10. The van der Waals surface area contributed by atoms with E-state index in [2.05, 4.69) is 0 Å². The van der Waals surface area contributed by atoms with Gasteiger partial charge in [-0.05, 0) is 17.4 Å². The maximum Gasteiger partial charge on any atom is 0.310 e. The van der Waals surface area contributed by atoms with Gasteiger partial charge in [0.05, 0.1) is 24.9 Å². The first-order chi connectivity index (χ1) is 11.7. The summed E-state index contributed by atoms with van der Waals surface area (Å²) in [6, 6.07) is 0. The summed E-state index contributed by atoms with van der Waals surface area (Å²) < 4.78 is 64.6. The average molecular weight is 356 g/mol. The Hall–Kier alpha value is -2.49. The third-order valence-electron chi connectivity index (χ3n) is 4.44. The molecule has 0 unspecified atom stereocenters. The van der Waals surface area contributed by atoms with Crippen LogP contribution in [0.3, 0.4) is 0 Å². The van der Waals surface area contributed by atoms with Gasteiger partial charge in [0.2, 0.25) is 0 Å². The molecule has 1 aliphatic rings. The van der Waals surface area contributed by atoms with Gasteiger partial charge in [0.1, 0.15) is 12.2 Å². The highest BCUT2D eigenvalue weighted by Crippen LogP contribution is 2.59. The van der Waals surface area contributed by atoms with E-state index in [1.807, 2.05) is 13.8 Å². The topological polar surface area (TPSA) is 35.5 Å². The average Bonchev–Trinajstić information content (AvgIpc) is 3.12. The van der Waals surface area contributed by atoms with Crippen LogP contribution in [-0.4, -0.2) is 13.1 Å². The van der Waals surface area contributed by atoms with Crippen molar-refractivity contribution in [3.05, 3.63) is 46.7 Å². The second-order valence-electron chi connectivity index (χ2n) is 6.25. The van der Waals surface area contributed by atoms with Crippen LogP contribution in [-0.2, 0) is 20.9 Å². The largest absolute Gasteiger partial charge is 0.505 e. The Bertz CT molecular complexity index is 749. The molecule has 1 saturated carbocycles. The maximum absolute atomic E-state index is 13.9. The van der Waals surface area contributed by atoms with Crippen molar-refractivity contribution in [1.29, 1.82) is 0 Å². The van der Waals surface area contributed by atoms with Crippen LogP contribution in [0.5, 0.6) is 0 Å². The molecule has 0 bridgehead atoms. The van der Waals surface area contributed by atoms with Gasteiger partial charge in [-0.1, -0.05) is 19.8 Å². The predicted molar refractivity (Wildman–Crippen MR) is 80.9 cm³/mol. The van der Waals surface area contributed by atoms with E-state index in [4.69, 9.17) is 15.9 Å². The van der Waals surface area contributed by atoms with Gasteiger partial charge in [-0.3, -0.25) is 4.79 Å². The van der Waals surface area contributed by atoms with Crippen LogP contribution >= 0.6 is 0 Å². The molecule has 2 rings (SSSR count). The van der Waals surface area contributed by atoms with Crippen molar-refractivity contribution in [2.24, 2.45) is 17.3 Å². The van der Waals surface area contributed by atoms with Gasteiger partial charge in [0.25, 0.3) is 0 Å². The Morgan fingerprint density at radius 1 is 1.20 bits per heavy atom. The molecule has 25 heavy (non-hydrogen) atoms. The highest BCUT2D eigenvalue weighted by atomic mass is 19.2. The van der Waals surface area contributed by atoms with Crippen molar-refractivity contribution >= 4 is 5.97 Å². The lowest BCUT2D eigenvalue weighted by Crippen LogP contribution is -2.14. The van der Waals surface area contributed by atoms with Gasteiger partial charge in [-0.15, -0.1) is 6.42 Å². The lowest BCUT2D eigenvalue weighted by atomic mass is 10.1. The summed E-state index contributed by atoms with van der Waals surface area (Å²) in [7, 11) is 1.45. The normalized spacial score (nSPS) is 21.0. The van der Waals surface area contributed by atoms with Crippen molar-refractivity contribution in [1.82, 2.24) is 0 Å². The van der Waals surface area contributed by atoms with Crippen LogP contribution in [0.15, 0.2) is 12.3 Å². The van der Waals surface area contributed by atoms with Gasteiger partial charge in [-0.25, -0.2) is 17.6 Å². The number of esters is 1. The molecule has 2 atom stereocenters. The van der Waals surface area contributed by atoms with E-state index in [1.54, 1.807) is 12.0 Å². The fourth-order valence-electron chi connectivity index (χ4n) is 2.81. The number of rotatable bonds is 5. The molecule has 3 nitrogen and oxygen atoms in total. The van der Waals surface area contributed by atoms with Crippen LogP contribution in [0.2, 0.25) is 0 Å². The summed E-state index contributed by atoms with van der Waals surface area (Å²) in [6.07, 6.45) is 7.92. The molecular formula is C18H16F4O3. The molecule has 1 aromatic rings. The van der Waals surface area contributed by atoms with Crippen LogP contribution in [0, 0.1) is 52.9 Å². The second-order valence-corrected chi connectivity index (χ2v) is 6.25. The Balaban J connectivity index is 2.17. The zero-order valence-electron chi connectivity index (χ0n) is 13.8. The monoisotopic (exact) mass is 356 g/mol. The fourth-order valence-corrected chi connectivity index (χ4v) is 2.81. The number of carbonyl (C=O) groups excluding carboxylic acids is 1. The number of halogens is 4. The summed E-state index contributed by atoms with van der Waals surface area (Å²) in [4.78, 5) is 12.1. The van der Waals surface area contributed by atoms with Crippen molar-refractivity contribution in [2.75, 3.05) is 7.11 Å². The molecule has 0 saturated heterocycles. The van der Waals surface area contributed by atoms with E-state index in [9.17, 15) is 22.4 Å². The lowest BCUT2D eigenvalue weighted by molar-refractivity contribution is -0.147. The number of benzene rings is 1. The molecule has 0 spiro atoms. The first-order valence-corrected chi connectivity index (χ1v) is 7.36. The molecule has 134 valence electrons. The predicted octanol–water partition coefficient (Wildman–Crippen LogP) is 3.70. The number of terminal acetylenes is 1. The summed E-state index contributed by atoms with van der Waals surface area (Å²) >= 11 is 0. The van der Waals surface area contributed by atoms with Crippen LogP contribution in [0.1, 0.15) is 25.0 Å². The SMILES string of the molecule is C#Cc1c(F)c(F)c(COC(=O)[C@@H]2[C@@H](/C=C/OC)C2(C)C)c(F)c1F. The Labute approximate surface area is 142 Å². The Morgan fingerprint density at radius 3 is 2.24 bits per heavy atom. The highest BCUT2D eigenvalue weighted by molar-refractivity contribution is 5.78. The van der Waals surface area contributed by atoms with Gasteiger partial charge in [0, 0.05) is 0 Å². The van der Waals surface area contributed by atoms with Crippen molar-refractivity contribution in [3.63, 3.8) is 0 Å². The van der Waals surface area contributed by atoms with E-state index in [0.29, 0.717) is 0 Å². The van der Waals surface area contributed by atoms with E-state index < -0.39 is 58.3 Å². The smallest absolute Gasteiger partial charge is 0.310 e. The van der Waals surface area contributed by atoms with E-state index >= 15 is 0 Å². The number of hydrogen-bond acceptors (Lipinski definition) is 3. The highest BCUT2D eigenvalue weighted by Gasteiger charge is 2.61. The summed E-state index contributed by atoms with van der Waals surface area (Å²) in [5.41, 5.74) is -2.59.